The maximum absolute atomic E-state index is 11.6. The zero-order chi connectivity index (χ0) is 15.5. The fourth-order valence-electron chi connectivity index (χ4n) is 2.61. The molecule has 0 spiro atoms. The Morgan fingerprint density at radius 2 is 2.05 bits per heavy atom. The molecule has 2 aromatic carbocycles. The van der Waals surface area contributed by atoms with Crippen LogP contribution in [0.25, 0.3) is 22.4 Å². The lowest BCUT2D eigenvalue weighted by atomic mass is 10.1. The molecule has 0 saturated heterocycles. The van der Waals surface area contributed by atoms with Crippen LogP contribution in [0.3, 0.4) is 0 Å². The van der Waals surface area contributed by atoms with E-state index in [-0.39, 0.29) is 0 Å². The predicted molar refractivity (Wildman–Crippen MR) is 84.7 cm³/mol. The molecule has 1 aromatic heterocycles. The third kappa shape index (κ3) is 2.46. The van der Waals surface area contributed by atoms with Crippen LogP contribution in [-0.4, -0.2) is 20.7 Å². The van der Waals surface area contributed by atoms with Gasteiger partial charge in [-0.25, -0.2) is 10.5 Å². The molecule has 0 aliphatic rings. The zero-order valence-electron chi connectivity index (χ0n) is 12.3. The fraction of sp³-hybridized carbons (Fsp3) is 0.176. The largest absolute Gasteiger partial charge is 0.324 e. The van der Waals surface area contributed by atoms with Gasteiger partial charge in [-0.05, 0) is 30.7 Å². The summed E-state index contributed by atoms with van der Waals surface area (Å²) in [4.78, 5) is 16.3. The molecule has 3 rings (SSSR count). The van der Waals surface area contributed by atoms with Gasteiger partial charge in [-0.15, -0.1) is 0 Å². The molecule has 0 aliphatic carbocycles. The Morgan fingerprint density at radius 3 is 2.82 bits per heavy atom. The molecule has 5 nitrogen and oxygen atoms in total. The maximum atomic E-state index is 11.6. The van der Waals surface area contributed by atoms with E-state index < -0.39 is 5.91 Å². The summed E-state index contributed by atoms with van der Waals surface area (Å²) in [6.07, 6.45) is 0.990. The van der Waals surface area contributed by atoms with E-state index in [4.69, 9.17) is 10.2 Å². The van der Waals surface area contributed by atoms with Crippen molar-refractivity contribution in [2.24, 2.45) is 0 Å². The van der Waals surface area contributed by atoms with Crippen LogP contribution in [0.2, 0.25) is 0 Å². The second-order valence-corrected chi connectivity index (χ2v) is 5.10. The average molecular weight is 295 g/mol. The number of carbonyl (C=O) groups excluding carboxylic acids is 1. The number of nitrogens with zero attached hydrogens (tertiary/aromatic N) is 2. The number of hydrogen-bond acceptors (Lipinski definition) is 3. The number of carbonyl (C=O) groups is 1. The van der Waals surface area contributed by atoms with Crippen molar-refractivity contribution in [2.75, 3.05) is 0 Å². The summed E-state index contributed by atoms with van der Waals surface area (Å²) in [5, 5.41) is 8.78. The van der Waals surface area contributed by atoms with Crippen LogP contribution in [0, 0.1) is 0 Å². The molecule has 112 valence electrons. The molecular formula is C17H17N3O2. The molecule has 3 aromatic rings. The Morgan fingerprint density at radius 1 is 1.23 bits per heavy atom. The monoisotopic (exact) mass is 295 g/mol. The van der Waals surface area contributed by atoms with Crippen molar-refractivity contribution in [3.8, 4) is 11.4 Å². The van der Waals surface area contributed by atoms with Crippen LogP contribution in [0.15, 0.2) is 48.5 Å². The lowest BCUT2D eigenvalue weighted by molar-refractivity contribution is 0.0706. The maximum Gasteiger partial charge on any atom is 0.274 e. The van der Waals surface area contributed by atoms with E-state index in [1.54, 1.807) is 23.7 Å². The number of aryl methyl sites for hydroxylation is 1. The van der Waals surface area contributed by atoms with E-state index >= 15 is 0 Å². The van der Waals surface area contributed by atoms with Crippen molar-refractivity contribution in [3.05, 3.63) is 54.1 Å². The second kappa shape index (κ2) is 5.99. The molecular weight excluding hydrogens is 278 g/mol. The minimum absolute atomic E-state index is 0.398. The lowest BCUT2D eigenvalue weighted by Crippen LogP contribution is -2.18. The second-order valence-electron chi connectivity index (χ2n) is 5.10. The highest BCUT2D eigenvalue weighted by Crippen LogP contribution is 2.25. The van der Waals surface area contributed by atoms with Gasteiger partial charge in [-0.2, -0.15) is 0 Å². The van der Waals surface area contributed by atoms with Crippen LogP contribution in [0.1, 0.15) is 23.7 Å². The Kier molecular flexibility index (Phi) is 3.89. The zero-order valence-corrected chi connectivity index (χ0v) is 12.3. The first kappa shape index (κ1) is 14.3. The van der Waals surface area contributed by atoms with Crippen molar-refractivity contribution >= 4 is 16.9 Å². The standard InChI is InChI=1S/C17H17N3O2/c1-2-10-20-15-9-4-3-8-14(15)18-16(20)12-6-5-7-13(11-12)17(21)19-22/h3-9,11,22H,2,10H2,1H3,(H,19,21). The van der Waals surface area contributed by atoms with Crippen molar-refractivity contribution in [1.82, 2.24) is 15.0 Å². The molecule has 0 fully saturated rings. The van der Waals surface area contributed by atoms with Gasteiger partial charge in [0, 0.05) is 17.7 Å². The van der Waals surface area contributed by atoms with Gasteiger partial charge in [0.05, 0.1) is 11.0 Å². The van der Waals surface area contributed by atoms with Crippen LogP contribution in [0.5, 0.6) is 0 Å². The molecule has 5 heteroatoms. The summed E-state index contributed by atoms with van der Waals surface area (Å²) < 4.78 is 2.16. The van der Waals surface area contributed by atoms with Gasteiger partial charge in [-0.1, -0.05) is 31.2 Å². The summed E-state index contributed by atoms with van der Waals surface area (Å²) >= 11 is 0. The highest BCUT2D eigenvalue weighted by Gasteiger charge is 2.13. The first-order valence-electron chi connectivity index (χ1n) is 7.24. The van der Waals surface area contributed by atoms with Crippen molar-refractivity contribution in [3.63, 3.8) is 0 Å². The van der Waals surface area contributed by atoms with Gasteiger partial charge in [0.2, 0.25) is 0 Å². The van der Waals surface area contributed by atoms with E-state index in [0.29, 0.717) is 5.56 Å². The van der Waals surface area contributed by atoms with E-state index in [2.05, 4.69) is 11.5 Å². The Hall–Kier alpha value is -2.66. The number of para-hydroxylation sites is 2. The van der Waals surface area contributed by atoms with Gasteiger partial charge < -0.3 is 4.57 Å². The van der Waals surface area contributed by atoms with Crippen LogP contribution in [0.4, 0.5) is 0 Å². The Bertz CT molecular complexity index is 824. The molecule has 0 aliphatic heterocycles. The number of hydroxylamine groups is 1. The molecule has 22 heavy (non-hydrogen) atoms. The van der Waals surface area contributed by atoms with E-state index in [9.17, 15) is 4.79 Å². The SMILES string of the molecule is CCCn1c(-c2cccc(C(=O)NO)c2)nc2ccccc21. The number of hydrogen-bond donors (Lipinski definition) is 2. The minimum atomic E-state index is -0.528. The summed E-state index contributed by atoms with van der Waals surface area (Å²) in [5.74, 6) is 0.302. The molecule has 0 bridgehead atoms. The Balaban J connectivity index is 2.17. The third-order valence-corrected chi connectivity index (χ3v) is 3.59. The predicted octanol–water partition coefficient (Wildman–Crippen LogP) is 3.23. The van der Waals surface area contributed by atoms with Gasteiger partial charge in [-0.3, -0.25) is 10.0 Å². The van der Waals surface area contributed by atoms with Crippen LogP contribution < -0.4 is 5.48 Å². The van der Waals surface area contributed by atoms with Crippen molar-refractivity contribution in [1.29, 1.82) is 0 Å². The Labute approximate surface area is 128 Å². The normalized spacial score (nSPS) is 10.8. The summed E-state index contributed by atoms with van der Waals surface area (Å²) in [6.45, 7) is 2.97. The van der Waals surface area contributed by atoms with Gasteiger partial charge in [0.15, 0.2) is 0 Å². The highest BCUT2D eigenvalue weighted by molar-refractivity contribution is 5.94. The van der Waals surface area contributed by atoms with Gasteiger partial charge in [0.1, 0.15) is 5.82 Å². The minimum Gasteiger partial charge on any atom is -0.324 e. The number of nitrogens with one attached hydrogen (secondary N) is 1. The van der Waals surface area contributed by atoms with Gasteiger partial charge >= 0.3 is 0 Å². The van der Waals surface area contributed by atoms with E-state index in [1.165, 1.54) is 0 Å². The van der Waals surface area contributed by atoms with Crippen molar-refractivity contribution < 1.29 is 10.0 Å². The highest BCUT2D eigenvalue weighted by atomic mass is 16.5. The lowest BCUT2D eigenvalue weighted by Gasteiger charge is -2.08. The first-order chi connectivity index (χ1) is 10.7. The average Bonchev–Trinajstić information content (AvgIpc) is 2.93. The van der Waals surface area contributed by atoms with Crippen LogP contribution in [-0.2, 0) is 6.54 Å². The number of benzene rings is 2. The molecule has 0 atom stereocenters. The summed E-state index contributed by atoms with van der Waals surface area (Å²) in [7, 11) is 0. The molecule has 0 saturated carbocycles. The van der Waals surface area contributed by atoms with Crippen molar-refractivity contribution in [2.45, 2.75) is 19.9 Å². The number of fused-ring (bicyclic) bond motifs is 1. The number of amides is 1. The summed E-state index contributed by atoms with van der Waals surface area (Å²) in [6, 6.07) is 15.1. The number of aromatic nitrogens is 2. The molecule has 1 heterocycles. The molecule has 0 radical (unpaired) electrons. The van der Waals surface area contributed by atoms with E-state index in [0.717, 1.165) is 35.4 Å². The quantitative estimate of drug-likeness (QED) is 0.573. The first-order valence-corrected chi connectivity index (χ1v) is 7.24. The molecule has 0 unspecified atom stereocenters. The third-order valence-electron chi connectivity index (χ3n) is 3.59. The number of rotatable bonds is 4. The smallest absolute Gasteiger partial charge is 0.274 e. The topological polar surface area (TPSA) is 67.2 Å². The van der Waals surface area contributed by atoms with Crippen LogP contribution >= 0.6 is 0 Å². The van der Waals surface area contributed by atoms with Gasteiger partial charge in [0.25, 0.3) is 5.91 Å². The summed E-state index contributed by atoms with van der Waals surface area (Å²) in [5.41, 5.74) is 4.92. The fourth-order valence-corrected chi connectivity index (χ4v) is 2.61. The van der Waals surface area contributed by atoms with E-state index in [1.807, 2.05) is 30.3 Å². The number of imidazole rings is 1. The molecule has 2 N–H and O–H groups in total. The molecule has 1 amide bonds.